The van der Waals surface area contributed by atoms with Crippen LogP contribution in [0.2, 0.25) is 0 Å². The number of nitrogens with zero attached hydrogens (tertiary/aromatic N) is 2. The summed E-state index contributed by atoms with van der Waals surface area (Å²) in [5, 5.41) is 9.18. The number of hydrogen-bond acceptors (Lipinski definition) is 2. The fraction of sp³-hybridized carbons (Fsp3) is 0.833. The van der Waals surface area contributed by atoms with E-state index in [2.05, 4.69) is 19.9 Å². The number of nitriles is 1. The third-order valence-electron chi connectivity index (χ3n) is 3.47. The standard InChI is InChI=1S/C12H20N2O/c1-4-10(5-2)11(8-13)14-7-6-9(3)12(14)15/h9-11H,4-7H2,1-3H3. The van der Waals surface area contributed by atoms with Gasteiger partial charge in [0.25, 0.3) is 0 Å². The molecule has 3 heteroatoms. The summed E-state index contributed by atoms with van der Waals surface area (Å²) in [5.74, 6) is 0.591. The van der Waals surface area contributed by atoms with Gasteiger partial charge in [0.2, 0.25) is 5.91 Å². The maximum Gasteiger partial charge on any atom is 0.226 e. The lowest BCUT2D eigenvalue weighted by atomic mass is 9.94. The van der Waals surface area contributed by atoms with Gasteiger partial charge in [0.05, 0.1) is 6.07 Å². The Hall–Kier alpha value is -1.04. The molecule has 0 aromatic rings. The Morgan fingerprint density at radius 3 is 2.47 bits per heavy atom. The van der Waals surface area contributed by atoms with Crippen LogP contribution in [0, 0.1) is 23.2 Å². The molecule has 1 amide bonds. The molecular formula is C12H20N2O. The maximum absolute atomic E-state index is 11.8. The van der Waals surface area contributed by atoms with Crippen LogP contribution in [0.15, 0.2) is 0 Å². The van der Waals surface area contributed by atoms with E-state index in [0.717, 1.165) is 25.8 Å². The van der Waals surface area contributed by atoms with Crippen LogP contribution in [0.5, 0.6) is 0 Å². The zero-order valence-electron chi connectivity index (χ0n) is 9.86. The summed E-state index contributed by atoms with van der Waals surface area (Å²) in [6.45, 7) is 6.88. The van der Waals surface area contributed by atoms with Crippen LogP contribution in [0.3, 0.4) is 0 Å². The van der Waals surface area contributed by atoms with Gasteiger partial charge in [-0.2, -0.15) is 5.26 Å². The number of rotatable bonds is 4. The van der Waals surface area contributed by atoms with Crippen molar-refractivity contribution in [2.75, 3.05) is 6.54 Å². The minimum atomic E-state index is -0.211. The highest BCUT2D eigenvalue weighted by molar-refractivity contribution is 5.81. The van der Waals surface area contributed by atoms with Gasteiger partial charge in [-0.05, 0) is 12.3 Å². The average molecular weight is 208 g/mol. The molecule has 3 nitrogen and oxygen atoms in total. The van der Waals surface area contributed by atoms with Crippen LogP contribution < -0.4 is 0 Å². The van der Waals surface area contributed by atoms with E-state index in [9.17, 15) is 10.1 Å². The van der Waals surface area contributed by atoms with Crippen molar-refractivity contribution < 1.29 is 4.79 Å². The van der Waals surface area contributed by atoms with Crippen molar-refractivity contribution in [1.82, 2.24) is 4.90 Å². The fourth-order valence-electron chi connectivity index (χ4n) is 2.29. The van der Waals surface area contributed by atoms with Crippen LogP contribution in [0.25, 0.3) is 0 Å². The lowest BCUT2D eigenvalue weighted by molar-refractivity contribution is -0.132. The Kier molecular flexibility index (Phi) is 4.14. The Morgan fingerprint density at radius 1 is 1.53 bits per heavy atom. The molecule has 1 rings (SSSR count). The van der Waals surface area contributed by atoms with E-state index in [4.69, 9.17) is 0 Å². The molecule has 1 aliphatic rings. The van der Waals surface area contributed by atoms with Gasteiger partial charge in [-0.25, -0.2) is 0 Å². The van der Waals surface area contributed by atoms with Gasteiger partial charge in [-0.3, -0.25) is 4.79 Å². The Balaban J connectivity index is 2.76. The van der Waals surface area contributed by atoms with E-state index >= 15 is 0 Å². The van der Waals surface area contributed by atoms with E-state index in [0.29, 0.717) is 5.92 Å². The van der Waals surface area contributed by atoms with Crippen molar-refractivity contribution in [3.63, 3.8) is 0 Å². The summed E-state index contributed by atoms with van der Waals surface area (Å²) >= 11 is 0. The second kappa shape index (κ2) is 5.16. The highest BCUT2D eigenvalue weighted by atomic mass is 16.2. The maximum atomic E-state index is 11.8. The van der Waals surface area contributed by atoms with E-state index in [-0.39, 0.29) is 17.9 Å². The van der Waals surface area contributed by atoms with E-state index in [1.54, 1.807) is 4.90 Å². The molecule has 1 heterocycles. The first-order valence-corrected chi connectivity index (χ1v) is 5.85. The average Bonchev–Trinajstić information content (AvgIpc) is 2.57. The summed E-state index contributed by atoms with van der Waals surface area (Å²) in [5.41, 5.74) is 0. The summed E-state index contributed by atoms with van der Waals surface area (Å²) < 4.78 is 0. The van der Waals surface area contributed by atoms with E-state index in [1.165, 1.54) is 0 Å². The minimum absolute atomic E-state index is 0.107. The Morgan fingerprint density at radius 2 is 2.13 bits per heavy atom. The minimum Gasteiger partial charge on any atom is -0.326 e. The van der Waals surface area contributed by atoms with Crippen LogP contribution in [-0.2, 0) is 4.79 Å². The van der Waals surface area contributed by atoms with Crippen LogP contribution in [0.4, 0.5) is 0 Å². The summed E-state index contributed by atoms with van der Waals surface area (Å²) in [7, 11) is 0. The zero-order chi connectivity index (χ0) is 11.4. The molecule has 1 saturated heterocycles. The molecule has 1 fully saturated rings. The molecule has 0 saturated carbocycles. The molecule has 1 aliphatic heterocycles. The molecule has 0 spiro atoms. The van der Waals surface area contributed by atoms with E-state index < -0.39 is 0 Å². The molecule has 2 unspecified atom stereocenters. The lowest BCUT2D eigenvalue weighted by Gasteiger charge is -2.28. The SMILES string of the molecule is CCC(CC)C(C#N)N1CCC(C)C1=O. The molecule has 0 radical (unpaired) electrons. The van der Waals surface area contributed by atoms with Crippen LogP contribution in [0.1, 0.15) is 40.0 Å². The molecule has 15 heavy (non-hydrogen) atoms. The molecule has 0 aromatic heterocycles. The Labute approximate surface area is 92.1 Å². The van der Waals surface area contributed by atoms with Gasteiger partial charge in [0, 0.05) is 12.5 Å². The molecule has 0 aromatic carbocycles. The number of carbonyl (C=O) groups is 1. The van der Waals surface area contributed by atoms with Gasteiger partial charge >= 0.3 is 0 Å². The zero-order valence-corrected chi connectivity index (χ0v) is 9.86. The third-order valence-corrected chi connectivity index (χ3v) is 3.47. The van der Waals surface area contributed by atoms with Gasteiger partial charge in [0.15, 0.2) is 0 Å². The summed E-state index contributed by atoms with van der Waals surface area (Å²) in [6.07, 6.45) is 2.83. The van der Waals surface area contributed by atoms with Crippen molar-refractivity contribution in [1.29, 1.82) is 5.26 Å². The normalized spacial score (nSPS) is 23.3. The predicted molar refractivity (Wildman–Crippen MR) is 59.0 cm³/mol. The van der Waals surface area contributed by atoms with Crippen molar-refractivity contribution in [3.05, 3.63) is 0 Å². The van der Waals surface area contributed by atoms with Crippen LogP contribution >= 0.6 is 0 Å². The summed E-state index contributed by atoms with van der Waals surface area (Å²) in [6, 6.07) is 2.09. The second-order valence-corrected chi connectivity index (χ2v) is 4.37. The van der Waals surface area contributed by atoms with E-state index in [1.807, 2.05) is 6.92 Å². The highest BCUT2D eigenvalue weighted by Crippen LogP contribution is 2.25. The number of carbonyl (C=O) groups excluding carboxylic acids is 1. The molecule has 84 valence electrons. The largest absolute Gasteiger partial charge is 0.326 e. The molecule has 2 atom stereocenters. The van der Waals surface area contributed by atoms with Crippen molar-refractivity contribution in [3.8, 4) is 6.07 Å². The molecule has 0 aliphatic carbocycles. The first-order chi connectivity index (χ1) is 7.15. The first-order valence-electron chi connectivity index (χ1n) is 5.85. The van der Waals surface area contributed by atoms with Gasteiger partial charge in [-0.1, -0.05) is 33.6 Å². The molecule has 0 N–H and O–H groups in total. The highest BCUT2D eigenvalue weighted by Gasteiger charge is 2.35. The Bertz CT molecular complexity index is 265. The van der Waals surface area contributed by atoms with Crippen molar-refractivity contribution in [2.45, 2.75) is 46.1 Å². The first kappa shape index (κ1) is 12.0. The van der Waals surface area contributed by atoms with Crippen molar-refractivity contribution >= 4 is 5.91 Å². The summed E-state index contributed by atoms with van der Waals surface area (Å²) in [4.78, 5) is 13.6. The quantitative estimate of drug-likeness (QED) is 0.710. The van der Waals surface area contributed by atoms with Crippen LogP contribution in [-0.4, -0.2) is 23.4 Å². The number of likely N-dealkylation sites (tertiary alicyclic amines) is 1. The third kappa shape index (κ3) is 2.31. The number of amides is 1. The molecule has 0 bridgehead atoms. The lowest BCUT2D eigenvalue weighted by Crippen LogP contribution is -2.41. The second-order valence-electron chi connectivity index (χ2n) is 4.37. The van der Waals surface area contributed by atoms with Gasteiger partial charge in [0.1, 0.15) is 6.04 Å². The van der Waals surface area contributed by atoms with Crippen molar-refractivity contribution in [2.24, 2.45) is 11.8 Å². The number of hydrogen-bond donors (Lipinski definition) is 0. The monoisotopic (exact) mass is 208 g/mol. The predicted octanol–water partition coefficient (Wildman–Crippen LogP) is 2.18. The van der Waals surface area contributed by atoms with Gasteiger partial charge < -0.3 is 4.90 Å². The molecular weight excluding hydrogens is 188 g/mol. The smallest absolute Gasteiger partial charge is 0.226 e. The van der Waals surface area contributed by atoms with Gasteiger partial charge in [-0.15, -0.1) is 0 Å². The topological polar surface area (TPSA) is 44.1 Å². The fourth-order valence-corrected chi connectivity index (χ4v) is 2.29.